The molecule has 1 aliphatic rings. The summed E-state index contributed by atoms with van der Waals surface area (Å²) in [5.74, 6) is 0.112. The third-order valence-corrected chi connectivity index (χ3v) is 2.86. The summed E-state index contributed by atoms with van der Waals surface area (Å²) < 4.78 is 0. The van der Waals surface area contributed by atoms with E-state index in [-0.39, 0.29) is 5.91 Å². The van der Waals surface area contributed by atoms with Crippen LogP contribution in [-0.4, -0.2) is 50.6 Å². The van der Waals surface area contributed by atoms with Crippen molar-refractivity contribution in [3.05, 3.63) is 0 Å². The summed E-state index contributed by atoms with van der Waals surface area (Å²) in [6.07, 6.45) is 4.66. The highest BCUT2D eigenvalue weighted by Crippen LogP contribution is 2.07. The summed E-state index contributed by atoms with van der Waals surface area (Å²) in [4.78, 5) is 13.4. The van der Waals surface area contributed by atoms with Gasteiger partial charge < -0.3 is 15.5 Å². The van der Waals surface area contributed by atoms with Gasteiger partial charge in [-0.25, -0.2) is 0 Å². The Hall–Kier alpha value is -0.610. The molecule has 1 heterocycles. The van der Waals surface area contributed by atoms with E-state index in [0.717, 1.165) is 19.6 Å². The zero-order valence-electron chi connectivity index (χ0n) is 9.72. The minimum Gasteiger partial charge on any atom is -0.359 e. The van der Waals surface area contributed by atoms with Gasteiger partial charge in [-0.05, 0) is 25.9 Å². The third-order valence-electron chi connectivity index (χ3n) is 2.86. The van der Waals surface area contributed by atoms with Crippen LogP contribution in [0.1, 0.15) is 25.7 Å². The average molecular weight is 213 g/mol. The van der Waals surface area contributed by atoms with Crippen LogP contribution in [0.5, 0.6) is 0 Å². The van der Waals surface area contributed by atoms with Crippen molar-refractivity contribution < 1.29 is 4.79 Å². The van der Waals surface area contributed by atoms with Gasteiger partial charge >= 0.3 is 0 Å². The minimum absolute atomic E-state index is 0.112. The van der Waals surface area contributed by atoms with Gasteiger partial charge in [0, 0.05) is 33.1 Å². The number of carbonyl (C=O) groups excluding carboxylic acids is 1. The van der Waals surface area contributed by atoms with Gasteiger partial charge in [0.05, 0.1) is 0 Å². The highest BCUT2D eigenvalue weighted by Gasteiger charge is 2.08. The molecule has 2 N–H and O–H groups in total. The predicted molar refractivity (Wildman–Crippen MR) is 61.8 cm³/mol. The smallest absolute Gasteiger partial charge is 0.221 e. The molecule has 1 fully saturated rings. The minimum atomic E-state index is 0.112. The number of piperidine rings is 1. The first-order chi connectivity index (χ1) is 7.33. The molecule has 0 aromatic rings. The lowest BCUT2D eigenvalue weighted by Gasteiger charge is -2.26. The molecule has 1 saturated heterocycles. The zero-order valence-corrected chi connectivity index (χ0v) is 9.72. The van der Waals surface area contributed by atoms with E-state index < -0.39 is 0 Å². The monoisotopic (exact) mass is 213 g/mol. The number of rotatable bonds is 6. The van der Waals surface area contributed by atoms with Crippen molar-refractivity contribution in [1.29, 1.82) is 0 Å². The maximum absolute atomic E-state index is 10.9. The molecule has 0 unspecified atom stereocenters. The topological polar surface area (TPSA) is 44.4 Å². The number of carbonyl (C=O) groups is 1. The number of amides is 1. The fraction of sp³-hybridized carbons (Fsp3) is 0.909. The lowest BCUT2D eigenvalue weighted by molar-refractivity contribution is -0.120. The maximum Gasteiger partial charge on any atom is 0.221 e. The van der Waals surface area contributed by atoms with E-state index in [4.69, 9.17) is 0 Å². The van der Waals surface area contributed by atoms with Crippen LogP contribution in [0.2, 0.25) is 0 Å². The van der Waals surface area contributed by atoms with Crippen LogP contribution in [0, 0.1) is 0 Å². The second kappa shape index (κ2) is 7.65. The Balaban J connectivity index is 1.89. The second-order valence-electron chi connectivity index (χ2n) is 4.08. The Morgan fingerprint density at radius 3 is 2.60 bits per heavy atom. The molecule has 1 rings (SSSR count). The molecular weight excluding hydrogens is 190 g/mol. The van der Waals surface area contributed by atoms with E-state index in [9.17, 15) is 4.79 Å². The Kier molecular flexibility index (Phi) is 6.36. The quantitative estimate of drug-likeness (QED) is 0.619. The van der Waals surface area contributed by atoms with Crippen molar-refractivity contribution in [3.63, 3.8) is 0 Å². The van der Waals surface area contributed by atoms with Gasteiger partial charge in [-0.1, -0.05) is 6.42 Å². The summed E-state index contributed by atoms with van der Waals surface area (Å²) in [6.45, 7) is 5.40. The van der Waals surface area contributed by atoms with E-state index >= 15 is 0 Å². The number of hydrogen-bond donors (Lipinski definition) is 2. The third kappa shape index (κ3) is 5.74. The summed E-state index contributed by atoms with van der Waals surface area (Å²) in [5, 5.41) is 5.91. The maximum atomic E-state index is 10.9. The van der Waals surface area contributed by atoms with Crippen molar-refractivity contribution in [2.24, 2.45) is 0 Å². The molecular formula is C11H23N3O. The lowest BCUT2D eigenvalue weighted by Crippen LogP contribution is -2.36. The Morgan fingerprint density at radius 2 is 1.93 bits per heavy atom. The molecule has 0 aromatic heterocycles. The molecule has 0 saturated carbocycles. The summed E-state index contributed by atoms with van der Waals surface area (Å²) >= 11 is 0. The first kappa shape index (κ1) is 12.5. The summed E-state index contributed by atoms with van der Waals surface area (Å²) in [5.41, 5.74) is 0. The zero-order chi connectivity index (χ0) is 10.9. The molecule has 15 heavy (non-hydrogen) atoms. The molecule has 1 amide bonds. The first-order valence-electron chi connectivity index (χ1n) is 5.96. The molecule has 1 aliphatic heterocycles. The van der Waals surface area contributed by atoms with Crippen LogP contribution in [-0.2, 0) is 4.79 Å². The van der Waals surface area contributed by atoms with Crippen LogP contribution in [0.25, 0.3) is 0 Å². The first-order valence-corrected chi connectivity index (χ1v) is 5.96. The molecule has 4 nitrogen and oxygen atoms in total. The van der Waals surface area contributed by atoms with Gasteiger partial charge in [-0.15, -0.1) is 0 Å². The average Bonchev–Trinajstić information content (AvgIpc) is 2.29. The second-order valence-corrected chi connectivity index (χ2v) is 4.08. The lowest BCUT2D eigenvalue weighted by atomic mass is 10.1. The van der Waals surface area contributed by atoms with Crippen molar-refractivity contribution in [2.45, 2.75) is 25.7 Å². The van der Waals surface area contributed by atoms with Crippen LogP contribution in [0.4, 0.5) is 0 Å². The molecule has 0 bridgehead atoms. The van der Waals surface area contributed by atoms with Gasteiger partial charge in [0.1, 0.15) is 0 Å². The summed E-state index contributed by atoms with van der Waals surface area (Å²) in [7, 11) is 1.68. The van der Waals surface area contributed by atoms with Crippen molar-refractivity contribution >= 4 is 5.91 Å². The van der Waals surface area contributed by atoms with Crippen LogP contribution in [0.3, 0.4) is 0 Å². The normalized spacial score (nSPS) is 17.7. The number of nitrogens with zero attached hydrogens (tertiary/aromatic N) is 1. The largest absolute Gasteiger partial charge is 0.359 e. The molecule has 0 atom stereocenters. The molecule has 0 radical (unpaired) electrons. The van der Waals surface area contributed by atoms with Gasteiger partial charge in [0.25, 0.3) is 0 Å². The Bertz CT molecular complexity index is 179. The summed E-state index contributed by atoms with van der Waals surface area (Å²) in [6, 6.07) is 0. The van der Waals surface area contributed by atoms with E-state index in [0.29, 0.717) is 6.42 Å². The van der Waals surface area contributed by atoms with Gasteiger partial charge in [0.15, 0.2) is 0 Å². The highest BCUT2D eigenvalue weighted by atomic mass is 16.1. The number of likely N-dealkylation sites (tertiary alicyclic amines) is 1. The van der Waals surface area contributed by atoms with E-state index in [1.807, 2.05) is 0 Å². The molecule has 88 valence electrons. The Labute approximate surface area is 92.4 Å². The van der Waals surface area contributed by atoms with E-state index in [1.54, 1.807) is 7.05 Å². The number of hydrogen-bond acceptors (Lipinski definition) is 3. The SMILES string of the molecule is CNC(=O)CCNCCN1CCCCC1. The molecule has 0 aliphatic carbocycles. The van der Waals surface area contributed by atoms with Crippen LogP contribution < -0.4 is 10.6 Å². The van der Waals surface area contributed by atoms with E-state index in [2.05, 4.69) is 15.5 Å². The van der Waals surface area contributed by atoms with Gasteiger partial charge in [0.2, 0.25) is 5.91 Å². The van der Waals surface area contributed by atoms with E-state index in [1.165, 1.54) is 32.4 Å². The number of nitrogens with one attached hydrogen (secondary N) is 2. The standard InChI is InChI=1S/C11H23N3O/c1-12-11(15)5-6-13-7-10-14-8-3-2-4-9-14/h13H,2-10H2,1H3,(H,12,15). The highest BCUT2D eigenvalue weighted by molar-refractivity contribution is 5.75. The van der Waals surface area contributed by atoms with Crippen molar-refractivity contribution in [2.75, 3.05) is 39.8 Å². The Morgan fingerprint density at radius 1 is 1.20 bits per heavy atom. The predicted octanol–water partition coefficient (Wildman–Crippen LogP) is 0.198. The van der Waals surface area contributed by atoms with Gasteiger partial charge in [-0.2, -0.15) is 0 Å². The molecule has 0 aromatic carbocycles. The van der Waals surface area contributed by atoms with Crippen LogP contribution >= 0.6 is 0 Å². The van der Waals surface area contributed by atoms with Crippen molar-refractivity contribution in [1.82, 2.24) is 15.5 Å². The van der Waals surface area contributed by atoms with Gasteiger partial charge in [-0.3, -0.25) is 4.79 Å². The fourth-order valence-electron chi connectivity index (χ4n) is 1.87. The molecule has 4 heteroatoms. The molecule has 0 spiro atoms. The van der Waals surface area contributed by atoms with Crippen LogP contribution in [0.15, 0.2) is 0 Å². The van der Waals surface area contributed by atoms with Crippen molar-refractivity contribution in [3.8, 4) is 0 Å². The fourth-order valence-corrected chi connectivity index (χ4v) is 1.87.